The van der Waals surface area contributed by atoms with E-state index in [0.717, 1.165) is 6.07 Å². The molecule has 0 spiro atoms. The molecule has 1 saturated heterocycles. The number of nitrogen functional groups attached to an aromatic ring is 2. The van der Waals surface area contributed by atoms with E-state index in [1.54, 1.807) is 0 Å². The van der Waals surface area contributed by atoms with E-state index in [-0.39, 0.29) is 11.2 Å². The molecule has 116 valence electrons. The Bertz CT molecular complexity index is 557. The molecule has 0 aliphatic carbocycles. The number of hydrogen-bond donors (Lipinski definition) is 2. The van der Waals surface area contributed by atoms with Crippen molar-refractivity contribution in [2.24, 2.45) is 0 Å². The lowest BCUT2D eigenvalue weighted by Crippen LogP contribution is -2.41. The molecule has 4 N–H and O–H groups in total. The lowest BCUT2D eigenvalue weighted by Gasteiger charge is -2.32. The summed E-state index contributed by atoms with van der Waals surface area (Å²) in [6.45, 7) is 7.27. The number of nitrogens with two attached hydrogens (primary N) is 2. The quantitative estimate of drug-likeness (QED) is 0.616. The van der Waals surface area contributed by atoms with Crippen molar-refractivity contribution in [3.63, 3.8) is 0 Å². The van der Waals surface area contributed by atoms with Gasteiger partial charge in [-0.3, -0.25) is 0 Å². The lowest BCUT2D eigenvalue weighted by atomic mass is 9.77. The summed E-state index contributed by atoms with van der Waals surface area (Å²) < 4.78 is 50.4. The van der Waals surface area contributed by atoms with Crippen LogP contribution >= 0.6 is 0 Å². The molecule has 1 aromatic rings. The molecule has 1 aliphatic rings. The van der Waals surface area contributed by atoms with Gasteiger partial charge in [0, 0.05) is 0 Å². The van der Waals surface area contributed by atoms with Crippen LogP contribution in [0.4, 0.5) is 24.5 Å². The van der Waals surface area contributed by atoms with E-state index in [9.17, 15) is 13.2 Å². The minimum atomic E-state index is -4.59. The first kappa shape index (κ1) is 16.0. The van der Waals surface area contributed by atoms with Gasteiger partial charge in [-0.2, -0.15) is 13.2 Å². The largest absolute Gasteiger partial charge is 0.494 e. The van der Waals surface area contributed by atoms with Crippen molar-refractivity contribution in [1.29, 1.82) is 0 Å². The predicted molar refractivity (Wildman–Crippen MR) is 76.0 cm³/mol. The molecule has 0 saturated carbocycles. The average molecular weight is 302 g/mol. The van der Waals surface area contributed by atoms with Crippen molar-refractivity contribution < 1.29 is 22.5 Å². The van der Waals surface area contributed by atoms with Gasteiger partial charge in [0.15, 0.2) is 0 Å². The molecule has 1 aromatic carbocycles. The van der Waals surface area contributed by atoms with Crippen LogP contribution in [0.2, 0.25) is 0 Å². The highest BCUT2D eigenvalue weighted by atomic mass is 19.4. The van der Waals surface area contributed by atoms with Gasteiger partial charge in [-0.25, -0.2) is 0 Å². The van der Waals surface area contributed by atoms with Crippen LogP contribution in [0.5, 0.6) is 0 Å². The van der Waals surface area contributed by atoms with E-state index in [1.165, 1.54) is 6.07 Å². The zero-order valence-electron chi connectivity index (χ0n) is 12.3. The van der Waals surface area contributed by atoms with Gasteiger partial charge >= 0.3 is 13.3 Å². The van der Waals surface area contributed by atoms with E-state index in [0.29, 0.717) is 0 Å². The van der Waals surface area contributed by atoms with Gasteiger partial charge in [0.25, 0.3) is 0 Å². The number of benzene rings is 1. The van der Waals surface area contributed by atoms with Crippen LogP contribution in [0.1, 0.15) is 33.3 Å². The summed E-state index contributed by atoms with van der Waals surface area (Å²) in [6.07, 6.45) is -4.59. The summed E-state index contributed by atoms with van der Waals surface area (Å²) in [6, 6.07) is 2.28. The molecule has 0 unspecified atom stereocenters. The third-order valence-corrected chi connectivity index (χ3v) is 4.07. The fraction of sp³-hybridized carbons (Fsp3) is 0.538. The smallest absolute Gasteiger partial charge is 0.399 e. The minimum absolute atomic E-state index is 0.144. The summed E-state index contributed by atoms with van der Waals surface area (Å²) in [5, 5.41) is 0. The number of alkyl halides is 3. The van der Waals surface area contributed by atoms with Crippen LogP contribution in [0.3, 0.4) is 0 Å². The number of rotatable bonds is 1. The summed E-state index contributed by atoms with van der Waals surface area (Å²) in [4.78, 5) is 0. The molecule has 0 bridgehead atoms. The Hall–Kier alpha value is -1.41. The zero-order valence-corrected chi connectivity index (χ0v) is 12.3. The van der Waals surface area contributed by atoms with Crippen molar-refractivity contribution >= 4 is 24.0 Å². The Morgan fingerprint density at radius 1 is 1.00 bits per heavy atom. The normalized spacial score (nSPS) is 20.8. The van der Waals surface area contributed by atoms with E-state index < -0.39 is 35.7 Å². The van der Waals surface area contributed by atoms with Gasteiger partial charge in [0.2, 0.25) is 0 Å². The highest BCUT2D eigenvalue weighted by molar-refractivity contribution is 6.62. The van der Waals surface area contributed by atoms with E-state index in [2.05, 4.69) is 0 Å². The molecule has 8 heteroatoms. The zero-order chi connectivity index (χ0) is 16.2. The first-order chi connectivity index (χ1) is 9.35. The van der Waals surface area contributed by atoms with Gasteiger partial charge in [-0.15, -0.1) is 0 Å². The predicted octanol–water partition coefficient (Wildman–Crippen LogP) is 2.17. The maximum atomic E-state index is 13.0. The van der Waals surface area contributed by atoms with Crippen molar-refractivity contribution in [2.75, 3.05) is 11.5 Å². The third kappa shape index (κ3) is 2.69. The Morgan fingerprint density at radius 2 is 1.48 bits per heavy atom. The molecule has 1 fully saturated rings. The van der Waals surface area contributed by atoms with Gasteiger partial charge < -0.3 is 20.8 Å². The standard InChI is InChI=1S/C13H18BF3N2O2/c1-11(2)12(3,4)21-14(20-11)7-5-8(13(15,16)17)10(19)9(18)6-7/h5-6H,18-19H2,1-4H3. The van der Waals surface area contributed by atoms with Crippen molar-refractivity contribution in [2.45, 2.75) is 45.1 Å². The number of halogens is 3. The van der Waals surface area contributed by atoms with Crippen LogP contribution in [0.15, 0.2) is 12.1 Å². The summed E-state index contributed by atoms with van der Waals surface area (Å²) >= 11 is 0. The second-order valence-corrected chi connectivity index (χ2v) is 6.16. The fourth-order valence-corrected chi connectivity index (χ4v) is 2.05. The summed E-state index contributed by atoms with van der Waals surface area (Å²) in [7, 11) is -0.918. The Balaban J connectivity index is 2.46. The second kappa shape index (κ2) is 4.54. The van der Waals surface area contributed by atoms with Crippen molar-refractivity contribution in [1.82, 2.24) is 0 Å². The van der Waals surface area contributed by atoms with Crippen molar-refractivity contribution in [3.05, 3.63) is 17.7 Å². The molecule has 2 rings (SSSR count). The average Bonchev–Trinajstić information content (AvgIpc) is 2.50. The summed E-state index contributed by atoms with van der Waals surface area (Å²) in [5.74, 6) is 0. The number of anilines is 2. The molecule has 1 aliphatic heterocycles. The molecule has 4 nitrogen and oxygen atoms in total. The Labute approximate surface area is 121 Å². The molecule has 0 atom stereocenters. The van der Waals surface area contributed by atoms with Crippen LogP contribution in [-0.4, -0.2) is 18.3 Å². The lowest BCUT2D eigenvalue weighted by molar-refractivity contribution is -0.136. The van der Waals surface area contributed by atoms with Crippen molar-refractivity contribution in [3.8, 4) is 0 Å². The highest BCUT2D eigenvalue weighted by Crippen LogP contribution is 2.39. The highest BCUT2D eigenvalue weighted by Gasteiger charge is 2.52. The minimum Gasteiger partial charge on any atom is -0.399 e. The first-order valence-electron chi connectivity index (χ1n) is 6.47. The Morgan fingerprint density at radius 3 is 1.90 bits per heavy atom. The monoisotopic (exact) mass is 302 g/mol. The Kier molecular flexibility index (Phi) is 3.46. The maximum Gasteiger partial charge on any atom is 0.494 e. The van der Waals surface area contributed by atoms with Crippen LogP contribution in [-0.2, 0) is 15.5 Å². The van der Waals surface area contributed by atoms with Gasteiger partial charge in [0.05, 0.1) is 28.1 Å². The molecule has 1 heterocycles. The van der Waals surface area contributed by atoms with E-state index >= 15 is 0 Å². The maximum absolute atomic E-state index is 13.0. The molecule has 0 aromatic heterocycles. The summed E-state index contributed by atoms with van der Waals surface area (Å²) in [5.41, 5.74) is 8.30. The van der Waals surface area contributed by atoms with Gasteiger partial charge in [-0.1, -0.05) is 0 Å². The SMILES string of the molecule is CC1(C)OB(c2cc(N)c(N)c(C(F)(F)F)c2)OC1(C)C. The van der Waals surface area contributed by atoms with Crippen LogP contribution in [0, 0.1) is 0 Å². The fourth-order valence-electron chi connectivity index (χ4n) is 2.05. The van der Waals surface area contributed by atoms with Gasteiger partial charge in [0.1, 0.15) is 0 Å². The van der Waals surface area contributed by atoms with E-state index in [4.69, 9.17) is 20.8 Å². The molecular formula is C13H18BF3N2O2. The molecule has 0 radical (unpaired) electrons. The van der Waals surface area contributed by atoms with E-state index in [1.807, 2.05) is 27.7 Å². The number of hydrogen-bond acceptors (Lipinski definition) is 4. The topological polar surface area (TPSA) is 70.5 Å². The van der Waals surface area contributed by atoms with Gasteiger partial charge in [-0.05, 0) is 45.3 Å². The molecular weight excluding hydrogens is 284 g/mol. The third-order valence-electron chi connectivity index (χ3n) is 4.07. The van der Waals surface area contributed by atoms with Crippen LogP contribution in [0.25, 0.3) is 0 Å². The molecule has 21 heavy (non-hydrogen) atoms. The molecule has 0 amide bonds. The first-order valence-corrected chi connectivity index (χ1v) is 6.47. The van der Waals surface area contributed by atoms with Crippen LogP contribution < -0.4 is 16.9 Å². The second-order valence-electron chi connectivity index (χ2n) is 6.16.